The van der Waals surface area contributed by atoms with Crippen molar-refractivity contribution in [1.29, 1.82) is 5.26 Å². The maximum atomic E-state index is 11.5. The molecule has 1 aromatic heterocycles. The van der Waals surface area contributed by atoms with Crippen LogP contribution in [-0.4, -0.2) is 21.9 Å². The van der Waals surface area contributed by atoms with E-state index in [2.05, 4.69) is 15.3 Å². The lowest BCUT2D eigenvalue weighted by atomic mass is 10.2. The molecule has 5 nitrogen and oxygen atoms in total. The molecule has 0 aliphatic carbocycles. The molecule has 6 heteroatoms. The molecule has 0 aliphatic rings. The van der Waals surface area contributed by atoms with Gasteiger partial charge in [0.15, 0.2) is 0 Å². The SMILES string of the molecule is CC(CC#N)NC(=O)c1cnc(Cl)cn1. The van der Waals surface area contributed by atoms with Crippen molar-refractivity contribution >= 4 is 17.5 Å². The Balaban J connectivity index is 2.62. The van der Waals surface area contributed by atoms with E-state index in [-0.39, 0.29) is 29.2 Å². The van der Waals surface area contributed by atoms with Gasteiger partial charge in [-0.15, -0.1) is 0 Å². The van der Waals surface area contributed by atoms with Crippen LogP contribution in [0.25, 0.3) is 0 Å². The zero-order chi connectivity index (χ0) is 11.3. The molecule has 1 unspecified atom stereocenters. The monoisotopic (exact) mass is 224 g/mol. The molecule has 0 bridgehead atoms. The van der Waals surface area contributed by atoms with Gasteiger partial charge in [-0.05, 0) is 6.92 Å². The van der Waals surface area contributed by atoms with E-state index in [1.54, 1.807) is 6.92 Å². The van der Waals surface area contributed by atoms with E-state index >= 15 is 0 Å². The first-order chi connectivity index (χ1) is 7.13. The number of hydrogen-bond donors (Lipinski definition) is 1. The summed E-state index contributed by atoms with van der Waals surface area (Å²) in [6.07, 6.45) is 2.84. The van der Waals surface area contributed by atoms with Crippen LogP contribution in [-0.2, 0) is 0 Å². The molecule has 0 saturated heterocycles. The third kappa shape index (κ3) is 3.52. The van der Waals surface area contributed by atoms with Crippen molar-refractivity contribution in [3.8, 4) is 6.07 Å². The summed E-state index contributed by atoms with van der Waals surface area (Å²) in [5.74, 6) is -0.359. The van der Waals surface area contributed by atoms with Crippen molar-refractivity contribution < 1.29 is 4.79 Å². The predicted molar refractivity (Wildman–Crippen MR) is 54.2 cm³/mol. The Morgan fingerprint density at radius 2 is 2.40 bits per heavy atom. The highest BCUT2D eigenvalue weighted by Crippen LogP contribution is 2.01. The summed E-state index contributed by atoms with van der Waals surface area (Å²) in [7, 11) is 0. The predicted octanol–water partition coefficient (Wildman–Crippen LogP) is 1.16. The molecule has 0 saturated carbocycles. The zero-order valence-corrected chi connectivity index (χ0v) is 8.82. The van der Waals surface area contributed by atoms with Crippen LogP contribution < -0.4 is 5.32 Å². The second-order valence-electron chi connectivity index (χ2n) is 2.96. The van der Waals surface area contributed by atoms with Crippen molar-refractivity contribution in [2.75, 3.05) is 0 Å². The van der Waals surface area contributed by atoms with Crippen molar-refractivity contribution in [2.45, 2.75) is 19.4 Å². The molecule has 1 amide bonds. The van der Waals surface area contributed by atoms with E-state index in [4.69, 9.17) is 16.9 Å². The number of carbonyl (C=O) groups excluding carboxylic acids is 1. The van der Waals surface area contributed by atoms with Gasteiger partial charge < -0.3 is 5.32 Å². The van der Waals surface area contributed by atoms with Crippen LogP contribution in [0.3, 0.4) is 0 Å². The maximum Gasteiger partial charge on any atom is 0.271 e. The number of nitrogens with one attached hydrogen (secondary N) is 1. The summed E-state index contributed by atoms with van der Waals surface area (Å²) < 4.78 is 0. The van der Waals surface area contributed by atoms with E-state index in [9.17, 15) is 4.79 Å². The fourth-order valence-corrected chi connectivity index (χ4v) is 1.01. The van der Waals surface area contributed by atoms with Gasteiger partial charge in [0.2, 0.25) is 0 Å². The number of amides is 1. The fourth-order valence-electron chi connectivity index (χ4n) is 0.915. The highest BCUT2D eigenvalue weighted by molar-refractivity contribution is 6.29. The normalized spacial score (nSPS) is 11.5. The second kappa shape index (κ2) is 5.27. The Labute approximate surface area is 92.1 Å². The molecular weight excluding hydrogens is 216 g/mol. The summed E-state index contributed by atoms with van der Waals surface area (Å²) in [5.41, 5.74) is 0.184. The smallest absolute Gasteiger partial charge is 0.271 e. The molecule has 1 heterocycles. The molecule has 0 fully saturated rings. The Kier molecular flexibility index (Phi) is 4.01. The van der Waals surface area contributed by atoms with Gasteiger partial charge >= 0.3 is 0 Å². The third-order valence-corrected chi connectivity index (χ3v) is 1.82. The van der Waals surface area contributed by atoms with Gasteiger partial charge in [-0.25, -0.2) is 9.97 Å². The molecule has 0 aromatic carbocycles. The van der Waals surface area contributed by atoms with E-state index in [0.29, 0.717) is 0 Å². The van der Waals surface area contributed by atoms with Gasteiger partial charge in [-0.1, -0.05) is 11.6 Å². The molecule has 15 heavy (non-hydrogen) atoms. The average Bonchev–Trinajstić information content (AvgIpc) is 2.18. The number of nitrogens with zero attached hydrogens (tertiary/aromatic N) is 3. The quantitative estimate of drug-likeness (QED) is 0.836. The molecule has 0 spiro atoms. The van der Waals surface area contributed by atoms with Crippen LogP contribution in [0.15, 0.2) is 12.4 Å². The number of carbonyl (C=O) groups is 1. The topological polar surface area (TPSA) is 78.7 Å². The molecular formula is C9H9ClN4O. The molecule has 78 valence electrons. The summed E-state index contributed by atoms with van der Waals surface area (Å²) >= 11 is 5.52. The van der Waals surface area contributed by atoms with Gasteiger partial charge in [0.05, 0.1) is 24.9 Å². The van der Waals surface area contributed by atoms with E-state index in [1.165, 1.54) is 12.4 Å². The number of aromatic nitrogens is 2. The lowest BCUT2D eigenvalue weighted by Crippen LogP contribution is -2.32. The summed E-state index contributed by atoms with van der Waals surface area (Å²) in [6, 6.07) is 1.75. The van der Waals surface area contributed by atoms with Gasteiger partial charge in [0, 0.05) is 6.04 Å². The zero-order valence-electron chi connectivity index (χ0n) is 8.07. The number of halogens is 1. The van der Waals surface area contributed by atoms with Gasteiger partial charge in [-0.3, -0.25) is 4.79 Å². The summed E-state index contributed by atoms with van der Waals surface area (Å²) in [4.78, 5) is 19.0. The number of rotatable bonds is 3. The highest BCUT2D eigenvalue weighted by Gasteiger charge is 2.10. The lowest BCUT2D eigenvalue weighted by Gasteiger charge is -2.08. The number of hydrogen-bond acceptors (Lipinski definition) is 4. The van der Waals surface area contributed by atoms with Crippen molar-refractivity contribution in [1.82, 2.24) is 15.3 Å². The van der Waals surface area contributed by atoms with Crippen LogP contribution in [0.1, 0.15) is 23.8 Å². The summed E-state index contributed by atoms with van der Waals surface area (Å²) in [6.45, 7) is 1.74. The minimum Gasteiger partial charge on any atom is -0.347 e. The van der Waals surface area contributed by atoms with Crippen LogP contribution in [0, 0.1) is 11.3 Å². The van der Waals surface area contributed by atoms with Gasteiger partial charge in [-0.2, -0.15) is 5.26 Å². The largest absolute Gasteiger partial charge is 0.347 e. The van der Waals surface area contributed by atoms with Crippen LogP contribution in [0.4, 0.5) is 0 Å². The molecule has 1 N–H and O–H groups in total. The van der Waals surface area contributed by atoms with Crippen molar-refractivity contribution in [3.05, 3.63) is 23.2 Å². The van der Waals surface area contributed by atoms with E-state index in [1.807, 2.05) is 6.07 Å². The fraction of sp³-hybridized carbons (Fsp3) is 0.333. The molecule has 0 aliphatic heterocycles. The summed E-state index contributed by atoms with van der Waals surface area (Å²) in [5, 5.41) is 11.3. The molecule has 1 rings (SSSR count). The highest BCUT2D eigenvalue weighted by atomic mass is 35.5. The first-order valence-electron chi connectivity index (χ1n) is 4.29. The Morgan fingerprint density at radius 3 is 2.93 bits per heavy atom. The standard InChI is InChI=1S/C9H9ClN4O/c1-6(2-3-11)14-9(15)7-4-13-8(10)5-12-7/h4-6H,2H2,1H3,(H,14,15). The van der Waals surface area contributed by atoms with Gasteiger partial charge in [0.25, 0.3) is 5.91 Å². The van der Waals surface area contributed by atoms with Crippen LogP contribution in [0.5, 0.6) is 0 Å². The van der Waals surface area contributed by atoms with Gasteiger partial charge in [0.1, 0.15) is 10.8 Å². The first kappa shape index (κ1) is 11.4. The van der Waals surface area contributed by atoms with Crippen molar-refractivity contribution in [2.24, 2.45) is 0 Å². The number of nitriles is 1. The lowest BCUT2D eigenvalue weighted by molar-refractivity contribution is 0.0935. The minimum atomic E-state index is -0.359. The molecule has 0 radical (unpaired) electrons. The molecule has 1 aromatic rings. The van der Waals surface area contributed by atoms with Crippen LogP contribution >= 0.6 is 11.6 Å². The second-order valence-corrected chi connectivity index (χ2v) is 3.35. The van der Waals surface area contributed by atoms with E-state index < -0.39 is 0 Å². The Hall–Kier alpha value is -1.67. The van der Waals surface area contributed by atoms with E-state index in [0.717, 1.165) is 0 Å². The van der Waals surface area contributed by atoms with Crippen molar-refractivity contribution in [3.63, 3.8) is 0 Å². The maximum absolute atomic E-state index is 11.5. The Bertz CT molecular complexity index is 384. The molecule has 1 atom stereocenters. The Morgan fingerprint density at radius 1 is 1.67 bits per heavy atom. The van der Waals surface area contributed by atoms with Crippen LogP contribution in [0.2, 0.25) is 5.15 Å². The average molecular weight is 225 g/mol. The first-order valence-corrected chi connectivity index (χ1v) is 4.66. The minimum absolute atomic E-state index is 0.184. The third-order valence-electron chi connectivity index (χ3n) is 1.63.